The second-order valence-electron chi connectivity index (χ2n) is 15.0. The first-order chi connectivity index (χ1) is 15.1. The topological polar surface area (TPSA) is 57.5 Å². The van der Waals surface area contributed by atoms with Crippen molar-refractivity contribution in [3.63, 3.8) is 0 Å². The number of carboxylic acids is 1. The summed E-state index contributed by atoms with van der Waals surface area (Å²) in [7, 11) is 0. The van der Waals surface area contributed by atoms with E-state index in [4.69, 9.17) is 0 Å². The van der Waals surface area contributed by atoms with Crippen molar-refractivity contribution in [3.8, 4) is 0 Å². The molecule has 5 aliphatic rings. The van der Waals surface area contributed by atoms with Crippen molar-refractivity contribution < 1.29 is 15.0 Å². The van der Waals surface area contributed by atoms with Crippen LogP contribution in [-0.4, -0.2) is 22.3 Å². The van der Waals surface area contributed by atoms with Crippen LogP contribution < -0.4 is 0 Å². The van der Waals surface area contributed by atoms with Gasteiger partial charge >= 0.3 is 5.97 Å². The van der Waals surface area contributed by atoms with Crippen LogP contribution in [0, 0.1) is 50.2 Å². The Morgan fingerprint density at radius 2 is 1.55 bits per heavy atom. The molecule has 0 spiro atoms. The summed E-state index contributed by atoms with van der Waals surface area (Å²) < 4.78 is 0. The largest absolute Gasteiger partial charge is 0.481 e. The van der Waals surface area contributed by atoms with Crippen molar-refractivity contribution in [2.45, 2.75) is 119 Å². The lowest BCUT2D eigenvalue weighted by Crippen LogP contribution is -2.66. The molecule has 0 heterocycles. The Morgan fingerprint density at radius 3 is 2.21 bits per heavy atom. The Bertz CT molecular complexity index is 889. The highest BCUT2D eigenvalue weighted by molar-refractivity contribution is 5.76. The van der Waals surface area contributed by atoms with Crippen LogP contribution in [0.3, 0.4) is 0 Å². The Labute approximate surface area is 201 Å². The number of hydrogen-bond donors (Lipinski definition) is 2. The number of fused-ring (bicyclic) bond motifs is 7. The zero-order valence-corrected chi connectivity index (χ0v) is 22.3. The van der Waals surface area contributed by atoms with Gasteiger partial charge in [-0.15, -0.1) is 0 Å². The summed E-state index contributed by atoms with van der Waals surface area (Å²) in [5.74, 6) is 0.432. The van der Waals surface area contributed by atoms with Gasteiger partial charge in [-0.3, -0.25) is 4.79 Å². The van der Waals surface area contributed by atoms with E-state index in [9.17, 15) is 15.0 Å². The van der Waals surface area contributed by atoms with Gasteiger partial charge in [0.2, 0.25) is 0 Å². The van der Waals surface area contributed by atoms with Crippen molar-refractivity contribution in [1.82, 2.24) is 0 Å². The predicted molar refractivity (Wildman–Crippen MR) is 133 cm³/mol. The highest BCUT2D eigenvalue weighted by atomic mass is 16.4. The molecule has 3 heteroatoms. The predicted octanol–water partition coefficient (Wildman–Crippen LogP) is 7.23. The van der Waals surface area contributed by atoms with E-state index in [-0.39, 0.29) is 22.2 Å². The summed E-state index contributed by atoms with van der Waals surface area (Å²) in [5, 5.41) is 21.1. The van der Waals surface area contributed by atoms with Gasteiger partial charge in [0.15, 0.2) is 0 Å². The first-order valence-corrected chi connectivity index (χ1v) is 13.8. The van der Waals surface area contributed by atoms with E-state index in [1.807, 2.05) is 6.92 Å². The number of rotatable bonds is 1. The molecular weight excluding hydrogens is 408 g/mol. The molecule has 186 valence electrons. The zero-order chi connectivity index (χ0) is 24.2. The molecule has 4 fully saturated rings. The van der Waals surface area contributed by atoms with Crippen LogP contribution in [0.5, 0.6) is 0 Å². The summed E-state index contributed by atoms with van der Waals surface area (Å²) in [6, 6.07) is 0. The Balaban J connectivity index is 1.58. The van der Waals surface area contributed by atoms with Crippen LogP contribution in [0.1, 0.15) is 113 Å². The summed E-state index contributed by atoms with van der Waals surface area (Å²) in [4.78, 5) is 12.5. The van der Waals surface area contributed by atoms with E-state index in [1.54, 1.807) is 5.57 Å². The summed E-state index contributed by atoms with van der Waals surface area (Å²) >= 11 is 0. The third-order valence-corrected chi connectivity index (χ3v) is 13.2. The highest BCUT2D eigenvalue weighted by Gasteiger charge is 2.69. The monoisotopic (exact) mass is 456 g/mol. The first kappa shape index (κ1) is 23.9. The van der Waals surface area contributed by atoms with Crippen LogP contribution in [0.2, 0.25) is 0 Å². The Morgan fingerprint density at radius 1 is 0.879 bits per heavy atom. The fourth-order valence-corrected chi connectivity index (χ4v) is 10.5. The molecule has 0 amide bonds. The van der Waals surface area contributed by atoms with Crippen molar-refractivity contribution in [2.75, 3.05) is 0 Å². The van der Waals surface area contributed by atoms with E-state index in [0.29, 0.717) is 29.1 Å². The molecular formula is C30H48O3. The normalized spacial score (nSPS) is 55.3. The minimum Gasteiger partial charge on any atom is -0.481 e. The van der Waals surface area contributed by atoms with Crippen LogP contribution in [0.25, 0.3) is 0 Å². The first-order valence-electron chi connectivity index (χ1n) is 13.8. The lowest BCUT2D eigenvalue weighted by atomic mass is 9.33. The van der Waals surface area contributed by atoms with Crippen LogP contribution in [0.15, 0.2) is 11.6 Å². The Kier molecular flexibility index (Phi) is 4.99. The Hall–Kier alpha value is -0.830. The number of hydrogen-bond acceptors (Lipinski definition) is 2. The van der Waals surface area contributed by atoms with Crippen LogP contribution in [0.4, 0.5) is 0 Å². The van der Waals surface area contributed by atoms with Gasteiger partial charge in [0.1, 0.15) is 0 Å². The molecule has 0 aromatic carbocycles. The molecule has 4 saturated carbocycles. The molecule has 5 aliphatic carbocycles. The maximum absolute atomic E-state index is 12.5. The van der Waals surface area contributed by atoms with Gasteiger partial charge in [0.05, 0.1) is 11.5 Å². The third kappa shape index (κ3) is 2.87. The second-order valence-corrected chi connectivity index (χ2v) is 15.0. The molecule has 0 bridgehead atoms. The summed E-state index contributed by atoms with van der Waals surface area (Å²) in [5.41, 5.74) is 1.98. The molecule has 2 N–H and O–H groups in total. The second kappa shape index (κ2) is 6.89. The minimum atomic E-state index is -1.03. The average molecular weight is 457 g/mol. The number of carboxylic acid groups (broad SMARTS) is 1. The quantitative estimate of drug-likeness (QED) is 0.409. The standard InChI is InChI=1S/C30H48O3/c1-25(2)14-15-26(3)16-17-28(5)19(20(26)18-25)8-9-21-27(4)12-11-23(31)30(7,24(32)33)22(27)10-13-29(21,28)6/h8,20-23,31H,9-18H2,1-7H3,(H,32,33)/t20?,21-,22-,23-,26-,27-,28-,29-,30-/m1/s1. The molecule has 0 saturated heterocycles. The molecule has 33 heavy (non-hydrogen) atoms. The summed E-state index contributed by atoms with van der Waals surface area (Å²) in [6.07, 6.45) is 13.2. The lowest BCUT2D eigenvalue weighted by Gasteiger charge is -2.71. The number of aliphatic hydroxyl groups excluding tert-OH is 1. The van der Waals surface area contributed by atoms with E-state index < -0.39 is 17.5 Å². The van der Waals surface area contributed by atoms with Gasteiger partial charge < -0.3 is 10.2 Å². The third-order valence-electron chi connectivity index (χ3n) is 13.2. The van der Waals surface area contributed by atoms with E-state index >= 15 is 0 Å². The molecule has 1 unspecified atom stereocenters. The van der Waals surface area contributed by atoms with E-state index in [0.717, 1.165) is 25.7 Å². The summed E-state index contributed by atoms with van der Waals surface area (Å²) in [6.45, 7) is 16.9. The van der Waals surface area contributed by atoms with Gasteiger partial charge in [-0.2, -0.15) is 0 Å². The maximum atomic E-state index is 12.5. The zero-order valence-electron chi connectivity index (χ0n) is 22.3. The molecule has 0 aliphatic heterocycles. The number of allylic oxidation sites excluding steroid dienone is 2. The van der Waals surface area contributed by atoms with Gasteiger partial charge in [0, 0.05) is 0 Å². The van der Waals surface area contributed by atoms with Crippen molar-refractivity contribution in [1.29, 1.82) is 0 Å². The highest BCUT2D eigenvalue weighted by Crippen LogP contribution is 2.75. The van der Waals surface area contributed by atoms with Gasteiger partial charge in [-0.1, -0.05) is 53.2 Å². The average Bonchev–Trinajstić information content (AvgIpc) is 2.72. The molecule has 3 nitrogen and oxygen atoms in total. The fraction of sp³-hybridized carbons (Fsp3) is 0.900. The van der Waals surface area contributed by atoms with Gasteiger partial charge in [0.25, 0.3) is 0 Å². The maximum Gasteiger partial charge on any atom is 0.312 e. The van der Waals surface area contributed by atoms with Gasteiger partial charge in [-0.25, -0.2) is 0 Å². The van der Waals surface area contributed by atoms with Gasteiger partial charge in [-0.05, 0) is 116 Å². The molecule has 0 aromatic heterocycles. The van der Waals surface area contributed by atoms with Crippen LogP contribution in [-0.2, 0) is 4.79 Å². The van der Waals surface area contributed by atoms with Crippen molar-refractivity contribution >= 4 is 5.97 Å². The minimum absolute atomic E-state index is 0.0308. The number of aliphatic hydroxyl groups is 1. The fourth-order valence-electron chi connectivity index (χ4n) is 10.5. The van der Waals surface area contributed by atoms with E-state index in [2.05, 4.69) is 47.6 Å². The lowest BCUT2D eigenvalue weighted by molar-refractivity contribution is -0.216. The smallest absolute Gasteiger partial charge is 0.312 e. The molecule has 9 atom stereocenters. The van der Waals surface area contributed by atoms with E-state index in [1.165, 1.54) is 32.1 Å². The molecule has 0 aromatic rings. The number of aliphatic carboxylic acids is 1. The van der Waals surface area contributed by atoms with Crippen molar-refractivity contribution in [3.05, 3.63) is 11.6 Å². The number of carbonyl (C=O) groups is 1. The van der Waals surface area contributed by atoms with Crippen molar-refractivity contribution in [2.24, 2.45) is 50.2 Å². The molecule has 5 rings (SSSR count). The SMILES string of the molecule is CC1(C)CC[C@]2(C)CC[C@]3(C)C(=CC[C@@H]4[C@@]5(C)CC[C@@H](O)[C@](C)(C(=O)O)[C@@H]5CC[C@]43C)C2C1. The van der Waals surface area contributed by atoms with Crippen LogP contribution >= 0.6 is 0 Å². The molecule has 0 radical (unpaired) electrons.